The van der Waals surface area contributed by atoms with Crippen molar-refractivity contribution < 1.29 is 4.39 Å². The minimum Gasteiger partial charge on any atom is -0.342 e. The summed E-state index contributed by atoms with van der Waals surface area (Å²) >= 11 is 0. The third-order valence-corrected chi connectivity index (χ3v) is 2.79. The van der Waals surface area contributed by atoms with Gasteiger partial charge in [-0.3, -0.25) is 0 Å². The Bertz CT molecular complexity index is 668. The zero-order valence-corrected chi connectivity index (χ0v) is 9.37. The highest BCUT2D eigenvalue weighted by atomic mass is 19.1. The molecule has 2 aromatic carbocycles. The van der Waals surface area contributed by atoms with Gasteiger partial charge in [0.25, 0.3) is 0 Å². The molecule has 0 spiro atoms. The lowest BCUT2D eigenvalue weighted by molar-refractivity contribution is 0.628. The Balaban J connectivity index is 2.26. The van der Waals surface area contributed by atoms with Gasteiger partial charge >= 0.3 is 0 Å². The van der Waals surface area contributed by atoms with Gasteiger partial charge in [0.05, 0.1) is 11.0 Å². The van der Waals surface area contributed by atoms with Gasteiger partial charge in [-0.25, -0.2) is 9.37 Å². The highest BCUT2D eigenvalue weighted by molar-refractivity contribution is 5.91. The first-order valence-electron chi connectivity index (χ1n) is 5.45. The average Bonchev–Trinajstić information content (AvgIpc) is 2.70. The van der Waals surface area contributed by atoms with Crippen molar-refractivity contribution in [3.05, 3.63) is 54.1 Å². The van der Waals surface area contributed by atoms with E-state index in [1.807, 2.05) is 25.1 Å². The van der Waals surface area contributed by atoms with Crippen LogP contribution in [0.25, 0.3) is 22.2 Å². The van der Waals surface area contributed by atoms with E-state index in [0.717, 1.165) is 28.0 Å². The van der Waals surface area contributed by atoms with Crippen molar-refractivity contribution in [1.29, 1.82) is 0 Å². The Morgan fingerprint density at radius 1 is 1.06 bits per heavy atom. The number of aryl methyl sites for hydroxylation is 1. The van der Waals surface area contributed by atoms with E-state index in [0.29, 0.717) is 0 Å². The van der Waals surface area contributed by atoms with Gasteiger partial charge < -0.3 is 4.98 Å². The smallest absolute Gasteiger partial charge is 0.123 e. The number of aromatic amines is 1. The molecule has 1 N–H and O–H groups in total. The average molecular weight is 226 g/mol. The van der Waals surface area contributed by atoms with Crippen LogP contribution in [0.3, 0.4) is 0 Å². The number of para-hydroxylation sites is 1. The zero-order valence-electron chi connectivity index (χ0n) is 9.37. The summed E-state index contributed by atoms with van der Waals surface area (Å²) in [4.78, 5) is 7.66. The molecule has 0 atom stereocenters. The fourth-order valence-electron chi connectivity index (χ4n) is 2.02. The van der Waals surface area contributed by atoms with Crippen molar-refractivity contribution in [3.8, 4) is 11.1 Å². The van der Waals surface area contributed by atoms with Gasteiger partial charge in [0.1, 0.15) is 11.6 Å². The molecule has 0 radical (unpaired) electrons. The monoisotopic (exact) mass is 226 g/mol. The molecule has 0 fully saturated rings. The van der Waals surface area contributed by atoms with Crippen LogP contribution in [0.2, 0.25) is 0 Å². The molecule has 3 aromatic rings. The number of rotatable bonds is 1. The van der Waals surface area contributed by atoms with E-state index in [4.69, 9.17) is 0 Å². The molecular formula is C14H11FN2. The van der Waals surface area contributed by atoms with Crippen LogP contribution in [0.15, 0.2) is 42.5 Å². The molecule has 3 heteroatoms. The number of aromatic nitrogens is 2. The third-order valence-electron chi connectivity index (χ3n) is 2.79. The fourth-order valence-corrected chi connectivity index (χ4v) is 2.02. The number of H-pyrrole nitrogens is 1. The second-order valence-corrected chi connectivity index (χ2v) is 4.03. The second kappa shape index (κ2) is 3.70. The largest absolute Gasteiger partial charge is 0.342 e. The zero-order chi connectivity index (χ0) is 11.8. The van der Waals surface area contributed by atoms with E-state index >= 15 is 0 Å². The summed E-state index contributed by atoms with van der Waals surface area (Å²) in [6, 6.07) is 12.4. The van der Waals surface area contributed by atoms with Crippen LogP contribution in [0.1, 0.15) is 5.82 Å². The first kappa shape index (κ1) is 10.0. The molecule has 0 saturated carbocycles. The van der Waals surface area contributed by atoms with Crippen LogP contribution < -0.4 is 0 Å². The molecular weight excluding hydrogens is 215 g/mol. The van der Waals surface area contributed by atoms with Gasteiger partial charge in [0, 0.05) is 5.56 Å². The standard InChI is InChI=1S/C14H11FN2/c1-9-16-13-4-2-3-12(14(13)17-9)10-5-7-11(15)8-6-10/h2-8H,1H3,(H,16,17). The topological polar surface area (TPSA) is 28.7 Å². The maximum atomic E-state index is 12.9. The van der Waals surface area contributed by atoms with Crippen LogP contribution in [0.4, 0.5) is 4.39 Å². The van der Waals surface area contributed by atoms with Crippen LogP contribution in [-0.2, 0) is 0 Å². The van der Waals surface area contributed by atoms with E-state index < -0.39 is 0 Å². The van der Waals surface area contributed by atoms with E-state index in [1.165, 1.54) is 12.1 Å². The molecule has 0 bridgehead atoms. The van der Waals surface area contributed by atoms with Crippen LogP contribution >= 0.6 is 0 Å². The quantitative estimate of drug-likeness (QED) is 0.673. The maximum absolute atomic E-state index is 12.9. The predicted molar refractivity (Wildman–Crippen MR) is 66.2 cm³/mol. The van der Waals surface area contributed by atoms with Gasteiger partial charge in [-0.1, -0.05) is 24.3 Å². The molecule has 0 unspecified atom stereocenters. The minimum absolute atomic E-state index is 0.223. The number of nitrogens with zero attached hydrogens (tertiary/aromatic N) is 1. The second-order valence-electron chi connectivity index (χ2n) is 4.03. The number of hydrogen-bond acceptors (Lipinski definition) is 1. The van der Waals surface area contributed by atoms with Gasteiger partial charge in [-0.15, -0.1) is 0 Å². The molecule has 0 aliphatic heterocycles. The number of benzene rings is 2. The number of fused-ring (bicyclic) bond motifs is 1. The molecule has 3 rings (SSSR count). The van der Waals surface area contributed by atoms with Crippen LogP contribution in [-0.4, -0.2) is 9.97 Å². The molecule has 2 nitrogen and oxygen atoms in total. The molecule has 1 heterocycles. The Kier molecular flexibility index (Phi) is 2.18. The molecule has 1 aromatic heterocycles. The highest BCUT2D eigenvalue weighted by Gasteiger charge is 2.07. The lowest BCUT2D eigenvalue weighted by Crippen LogP contribution is -1.81. The number of nitrogens with one attached hydrogen (secondary N) is 1. The van der Waals surface area contributed by atoms with Gasteiger partial charge in [-0.05, 0) is 30.7 Å². The van der Waals surface area contributed by atoms with Gasteiger partial charge in [-0.2, -0.15) is 0 Å². The fraction of sp³-hybridized carbons (Fsp3) is 0.0714. The van der Waals surface area contributed by atoms with Crippen LogP contribution in [0.5, 0.6) is 0 Å². The van der Waals surface area contributed by atoms with E-state index in [-0.39, 0.29) is 5.82 Å². The lowest BCUT2D eigenvalue weighted by atomic mass is 10.0. The Morgan fingerprint density at radius 3 is 2.59 bits per heavy atom. The molecule has 0 aliphatic rings. The van der Waals surface area contributed by atoms with Crippen molar-refractivity contribution in [3.63, 3.8) is 0 Å². The minimum atomic E-state index is -0.223. The van der Waals surface area contributed by atoms with Crippen molar-refractivity contribution in [2.24, 2.45) is 0 Å². The Hall–Kier alpha value is -2.16. The molecule has 0 amide bonds. The van der Waals surface area contributed by atoms with Crippen LogP contribution in [0, 0.1) is 12.7 Å². The SMILES string of the molecule is Cc1nc2c(-c3ccc(F)cc3)cccc2[nH]1. The van der Waals surface area contributed by atoms with E-state index in [2.05, 4.69) is 9.97 Å². The first-order valence-corrected chi connectivity index (χ1v) is 5.45. The number of imidazole rings is 1. The van der Waals surface area contributed by atoms with E-state index in [1.54, 1.807) is 12.1 Å². The number of hydrogen-bond donors (Lipinski definition) is 1. The normalized spacial score (nSPS) is 10.9. The van der Waals surface area contributed by atoms with Gasteiger partial charge in [0.15, 0.2) is 0 Å². The summed E-state index contributed by atoms with van der Waals surface area (Å²) in [6.45, 7) is 1.93. The Morgan fingerprint density at radius 2 is 1.82 bits per heavy atom. The summed E-state index contributed by atoms with van der Waals surface area (Å²) in [6.07, 6.45) is 0. The summed E-state index contributed by atoms with van der Waals surface area (Å²) < 4.78 is 12.9. The molecule has 0 aliphatic carbocycles. The maximum Gasteiger partial charge on any atom is 0.123 e. The summed E-state index contributed by atoms with van der Waals surface area (Å²) in [5.74, 6) is 0.661. The van der Waals surface area contributed by atoms with Crippen molar-refractivity contribution >= 4 is 11.0 Å². The summed E-state index contributed by atoms with van der Waals surface area (Å²) in [5, 5.41) is 0. The summed E-state index contributed by atoms with van der Waals surface area (Å²) in [5.41, 5.74) is 3.93. The molecule has 84 valence electrons. The third kappa shape index (κ3) is 1.69. The van der Waals surface area contributed by atoms with Crippen molar-refractivity contribution in [2.45, 2.75) is 6.92 Å². The Labute approximate surface area is 98.1 Å². The number of halogens is 1. The lowest BCUT2D eigenvalue weighted by Gasteiger charge is -2.02. The van der Waals surface area contributed by atoms with E-state index in [9.17, 15) is 4.39 Å². The van der Waals surface area contributed by atoms with Gasteiger partial charge in [0.2, 0.25) is 0 Å². The van der Waals surface area contributed by atoms with Crippen molar-refractivity contribution in [1.82, 2.24) is 9.97 Å². The first-order chi connectivity index (χ1) is 8.24. The summed E-state index contributed by atoms with van der Waals surface area (Å²) in [7, 11) is 0. The predicted octanol–water partition coefficient (Wildman–Crippen LogP) is 3.68. The van der Waals surface area contributed by atoms with Crippen molar-refractivity contribution in [2.75, 3.05) is 0 Å². The molecule has 0 saturated heterocycles. The molecule has 17 heavy (non-hydrogen) atoms. The highest BCUT2D eigenvalue weighted by Crippen LogP contribution is 2.27.